The molecule has 0 aromatic rings. The molecule has 0 aromatic heterocycles. The average molecular weight is 1730 g/mol. The molecule has 1 fully saturated rings. The second-order valence-electron chi connectivity index (χ2n) is 33.9. The van der Waals surface area contributed by atoms with Gasteiger partial charge < -0.3 is 112 Å². The summed E-state index contributed by atoms with van der Waals surface area (Å²) in [4.78, 5) is 277. The molecule has 0 aliphatic carbocycles. The van der Waals surface area contributed by atoms with Crippen molar-refractivity contribution in [2.45, 2.75) is 343 Å². The van der Waals surface area contributed by atoms with Gasteiger partial charge in [0.15, 0.2) is 0 Å². The molecule has 1 saturated heterocycles. The molecule has 1 aliphatic heterocycles. The van der Waals surface area contributed by atoms with Gasteiger partial charge in [0.05, 0.1) is 12.5 Å². The smallest absolute Gasteiger partial charge is 0.329 e. The predicted octanol–water partition coefficient (Wildman–Crippen LogP) is -2.07. The van der Waals surface area contributed by atoms with Crippen LogP contribution in [0.5, 0.6) is 0 Å². The minimum absolute atomic E-state index is 0.0344. The lowest BCUT2D eigenvalue weighted by molar-refractivity contribution is -0.152. The van der Waals surface area contributed by atoms with Crippen LogP contribution in [-0.2, 0) is 101 Å². The molecule has 0 radical (unpaired) electrons. The molecule has 0 saturated carbocycles. The summed E-state index contributed by atoms with van der Waals surface area (Å²) in [6, 6.07) is -22.9. The first-order valence-electron chi connectivity index (χ1n) is 42.4. The van der Waals surface area contributed by atoms with Crippen LogP contribution in [0.4, 0.5) is 0 Å². The first-order valence-corrected chi connectivity index (χ1v) is 42.4. The van der Waals surface area contributed by atoms with Gasteiger partial charge in [0.1, 0.15) is 91.2 Å². The maximum atomic E-state index is 15.0. The molecule has 692 valence electrons. The summed E-state index contributed by atoms with van der Waals surface area (Å²) in [5, 5.41) is 55.5. The minimum atomic E-state index is -2.11. The lowest BCUT2D eigenvalue weighted by atomic mass is 9.97. The van der Waals surface area contributed by atoms with Gasteiger partial charge >= 0.3 is 11.9 Å². The van der Waals surface area contributed by atoms with Crippen molar-refractivity contribution in [2.24, 2.45) is 64.4 Å². The Bertz CT molecular complexity index is 3560. The number of nitrogens with one attached hydrogen (secondary N) is 14. The molecule has 18 amide bonds. The van der Waals surface area contributed by atoms with E-state index in [1.165, 1.54) is 41.5 Å². The molecule has 0 aromatic carbocycles. The number of amides is 18. The van der Waals surface area contributed by atoms with Crippen LogP contribution in [0.3, 0.4) is 0 Å². The second kappa shape index (κ2) is 56.1. The standard InChI is InChI=1S/C81H140N18O23/c1-17-19-20-21-22-23-48(100)38-63(105)87-54(34-40(3)4)74(114)92-53(28-33-64(106)107)69(109)89-51(26-31-61(84)103)72(112)97-66(45(13)14)80(120)95-57(37-43(9)10)76(116)90-50(25-30-60(83)102)71(111)96-58-39-122-81(121)67(46(15)18-2)99-73(113)52(27-32-62(85)104)91-75(115)55(35-41(5)6)94-77(117)56(36-42(7)8)93-70(110)49(24-29-59(82)101)88-68(108)47(16)86-79(119)65(44(11)12)98-78(58)118/h40-58,65-67,100H,17-39H2,1-16H3,(H2,82,101)(H2,83,102)(H2,84,103)(H2,85,104)(H,86,119)(H,87,105)(H,88,108)(H,89,109)(H,90,116)(H,91,115)(H,92,114)(H,93,110)(H,94,117)(H,95,120)(H,96,111)(H,97,112)(H,98,118)(H,99,113)(H,106,107)/t46-,47?,48+,49+,50-,51+,52+,53+,54-,55-,56-,57+,58+,65+,66+,67-/m0/s1. The Morgan fingerprint density at radius 2 is 0.828 bits per heavy atom. The van der Waals surface area contributed by atoms with Crippen molar-refractivity contribution in [1.82, 2.24) is 74.4 Å². The van der Waals surface area contributed by atoms with Crippen molar-refractivity contribution < 1.29 is 111 Å². The highest BCUT2D eigenvalue weighted by Gasteiger charge is 2.41. The van der Waals surface area contributed by atoms with Gasteiger partial charge in [-0.1, -0.05) is 142 Å². The molecule has 1 unspecified atom stereocenters. The van der Waals surface area contributed by atoms with E-state index in [0.29, 0.717) is 12.8 Å². The molecule has 1 aliphatic rings. The Hall–Kier alpha value is -10.6. The van der Waals surface area contributed by atoms with E-state index >= 15 is 0 Å². The largest absolute Gasteiger partial charge is 0.481 e. The Morgan fingerprint density at radius 3 is 1.26 bits per heavy atom. The van der Waals surface area contributed by atoms with E-state index in [4.69, 9.17) is 27.7 Å². The number of unbranched alkanes of at least 4 members (excludes halogenated alkanes) is 4. The van der Waals surface area contributed by atoms with Crippen LogP contribution in [-0.4, -0.2) is 226 Å². The number of rotatable bonds is 48. The molecule has 1 heterocycles. The number of carboxylic acid groups (broad SMARTS) is 1. The Kier molecular flexibility index (Phi) is 50.3. The topological polar surface area (TPSA) is 664 Å². The molecule has 24 N–H and O–H groups in total. The van der Waals surface area contributed by atoms with Crippen LogP contribution < -0.4 is 97.4 Å². The number of carbonyl (C=O) groups is 20. The number of carbonyl (C=O) groups excluding carboxylic acids is 19. The number of aliphatic hydroxyl groups is 1. The monoisotopic (exact) mass is 1730 g/mol. The summed E-state index contributed by atoms with van der Waals surface area (Å²) >= 11 is 0. The number of hydrogen-bond acceptors (Lipinski definition) is 22. The van der Waals surface area contributed by atoms with Gasteiger partial charge in [0.25, 0.3) is 0 Å². The van der Waals surface area contributed by atoms with E-state index in [9.17, 15) is 106 Å². The Labute approximate surface area is 714 Å². The van der Waals surface area contributed by atoms with Gasteiger partial charge in [-0.3, -0.25) is 91.1 Å². The average Bonchev–Trinajstić information content (AvgIpc) is 1.08. The quantitative estimate of drug-likeness (QED) is 0.0230. The number of hydrogen-bond donors (Lipinski definition) is 20. The number of aliphatic carboxylic acids is 1. The van der Waals surface area contributed by atoms with Crippen molar-refractivity contribution in [3.63, 3.8) is 0 Å². The summed E-state index contributed by atoms with van der Waals surface area (Å²) in [6.45, 7) is 24.9. The van der Waals surface area contributed by atoms with Crippen molar-refractivity contribution in [3.05, 3.63) is 0 Å². The van der Waals surface area contributed by atoms with E-state index in [1.54, 1.807) is 62.3 Å². The molecule has 41 nitrogen and oxygen atoms in total. The number of ether oxygens (including phenoxy) is 1. The van der Waals surface area contributed by atoms with Crippen molar-refractivity contribution in [1.29, 1.82) is 0 Å². The summed E-state index contributed by atoms with van der Waals surface area (Å²) in [5.41, 5.74) is 22.1. The molecule has 122 heavy (non-hydrogen) atoms. The number of primary amides is 4. The third kappa shape index (κ3) is 43.2. The van der Waals surface area contributed by atoms with Crippen molar-refractivity contribution in [2.75, 3.05) is 6.61 Å². The van der Waals surface area contributed by atoms with Crippen molar-refractivity contribution in [3.8, 4) is 0 Å². The maximum Gasteiger partial charge on any atom is 0.329 e. The second-order valence-corrected chi connectivity index (χ2v) is 33.9. The van der Waals surface area contributed by atoms with Crippen LogP contribution in [0.1, 0.15) is 252 Å². The number of aliphatic hydroxyl groups excluding tert-OH is 1. The molecule has 16 atom stereocenters. The summed E-state index contributed by atoms with van der Waals surface area (Å²) in [5.74, 6) is -24.8. The van der Waals surface area contributed by atoms with Crippen LogP contribution in [0.15, 0.2) is 0 Å². The Balaban J connectivity index is 4.14. The third-order valence-electron chi connectivity index (χ3n) is 20.0. The van der Waals surface area contributed by atoms with E-state index < -0.39 is 303 Å². The normalized spacial score (nSPS) is 20.8. The number of esters is 1. The van der Waals surface area contributed by atoms with E-state index in [2.05, 4.69) is 81.4 Å². The summed E-state index contributed by atoms with van der Waals surface area (Å²) in [7, 11) is 0. The Morgan fingerprint density at radius 1 is 0.426 bits per heavy atom. The molecule has 41 heteroatoms. The van der Waals surface area contributed by atoms with Crippen LogP contribution in [0.25, 0.3) is 0 Å². The molecular formula is C81H140N18O23. The lowest BCUT2D eigenvalue weighted by Crippen LogP contribution is -2.62. The van der Waals surface area contributed by atoms with Gasteiger partial charge in [-0.2, -0.15) is 0 Å². The predicted molar refractivity (Wildman–Crippen MR) is 445 cm³/mol. The highest BCUT2D eigenvalue weighted by molar-refractivity contribution is 6.01. The summed E-state index contributed by atoms with van der Waals surface area (Å²) in [6.07, 6.45) is -2.17. The maximum absolute atomic E-state index is 15.0. The number of carboxylic acids is 1. The minimum Gasteiger partial charge on any atom is -0.481 e. The van der Waals surface area contributed by atoms with Gasteiger partial charge in [-0.05, 0) is 113 Å². The van der Waals surface area contributed by atoms with E-state index in [-0.39, 0.29) is 56.3 Å². The molecule has 0 bridgehead atoms. The fourth-order valence-corrected chi connectivity index (χ4v) is 12.9. The third-order valence-corrected chi connectivity index (χ3v) is 20.0. The van der Waals surface area contributed by atoms with Crippen molar-refractivity contribution >= 4 is 118 Å². The highest BCUT2D eigenvalue weighted by atomic mass is 16.5. The van der Waals surface area contributed by atoms with Gasteiger partial charge in [-0.25, -0.2) is 4.79 Å². The molecule has 1 rings (SSSR count). The van der Waals surface area contributed by atoms with Crippen LogP contribution in [0, 0.1) is 41.4 Å². The van der Waals surface area contributed by atoms with Crippen LogP contribution >= 0.6 is 0 Å². The fraction of sp³-hybridized carbons (Fsp3) is 0.753. The lowest BCUT2D eigenvalue weighted by Gasteiger charge is -2.30. The SMILES string of the molecule is CCCCCCC[C@@H](O)CC(=O)N[C@@H](CC(C)C)C(=O)N[C@H](CCC(=O)O)C(=O)N[C@H](CCC(N)=O)C(=O)N[C@@H](C(=O)N[C@H](CC(C)C)C(=O)N[C@@H](CCC(N)=O)C(=O)N[C@@H]1COC(=O)[C@H]([C@@H](C)CC)NC(=O)[C@@H](CCC(N)=O)NC(=O)[C@H](CC(C)C)NC(=O)[C@H](CC(C)C)NC(=O)[C@@H](CCC(N)=O)NC(=O)C(C)NC(=O)[C@@H](C(C)C)NC1=O)C(C)C. The van der Waals surface area contributed by atoms with Gasteiger partial charge in [0, 0.05) is 32.1 Å². The van der Waals surface area contributed by atoms with E-state index in [0.717, 1.165) is 25.7 Å². The fourth-order valence-electron chi connectivity index (χ4n) is 12.9. The zero-order valence-corrected chi connectivity index (χ0v) is 73.7. The zero-order chi connectivity index (χ0) is 93.1. The molecule has 0 spiro atoms. The first-order chi connectivity index (χ1) is 56.9. The molecular weight excluding hydrogens is 1590 g/mol. The van der Waals surface area contributed by atoms with Gasteiger partial charge in [0.2, 0.25) is 106 Å². The summed E-state index contributed by atoms with van der Waals surface area (Å²) < 4.78 is 5.75. The van der Waals surface area contributed by atoms with Gasteiger partial charge in [-0.15, -0.1) is 0 Å². The highest BCUT2D eigenvalue weighted by Crippen LogP contribution is 2.19. The number of nitrogens with two attached hydrogens (primary N) is 4. The number of cyclic esters (lactones) is 1. The van der Waals surface area contributed by atoms with E-state index in [1.807, 2.05) is 0 Å². The zero-order valence-electron chi connectivity index (χ0n) is 73.7. The first kappa shape index (κ1) is 109. The van der Waals surface area contributed by atoms with Crippen LogP contribution in [0.2, 0.25) is 0 Å².